The Morgan fingerprint density at radius 1 is 0.960 bits per heavy atom. The fraction of sp³-hybridized carbons (Fsp3) is 0.364. The van der Waals surface area contributed by atoms with Gasteiger partial charge in [-0.3, -0.25) is 0 Å². The zero-order valence-electron chi connectivity index (χ0n) is 15.1. The van der Waals surface area contributed by atoms with Gasteiger partial charge in [0.15, 0.2) is 0 Å². The fourth-order valence-corrected chi connectivity index (χ4v) is 3.36. The average Bonchev–Trinajstić information content (AvgIpc) is 3.03. The number of benzene rings is 2. The van der Waals surface area contributed by atoms with Gasteiger partial charge >= 0.3 is 37.9 Å². The van der Waals surface area contributed by atoms with Crippen molar-refractivity contribution in [3.8, 4) is 11.1 Å². The molecule has 0 bridgehead atoms. The molecular weight excluding hydrogens is 426 g/mol. The quantitative estimate of drug-likeness (QED) is 0.390. The van der Waals surface area contributed by atoms with Crippen molar-refractivity contribution >= 4 is 23.1 Å². The fourth-order valence-electron chi connectivity index (χ4n) is 3.36. The minimum absolute atomic E-state index is 0.826. The Hall–Kier alpha value is -0.357. The van der Waals surface area contributed by atoms with Crippen molar-refractivity contribution in [3.05, 3.63) is 64.7 Å². The van der Waals surface area contributed by atoms with Crippen molar-refractivity contribution in [3.63, 3.8) is 0 Å². The first kappa shape index (κ1) is 20.9. The summed E-state index contributed by atoms with van der Waals surface area (Å²) in [5.41, 5.74) is 8.63. The van der Waals surface area contributed by atoms with E-state index in [1.807, 2.05) is 0 Å². The molecule has 0 aromatic heterocycles. The Balaban J connectivity index is 0.000000701. The van der Waals surface area contributed by atoms with Crippen LogP contribution in [-0.2, 0) is 27.3 Å². The van der Waals surface area contributed by atoms with Crippen LogP contribution in [0, 0.1) is 6.92 Å². The van der Waals surface area contributed by atoms with Crippen LogP contribution >= 0.6 is 17.0 Å². The van der Waals surface area contributed by atoms with Gasteiger partial charge in [-0.2, -0.15) is 0 Å². The molecule has 0 saturated heterocycles. The van der Waals surface area contributed by atoms with Crippen molar-refractivity contribution in [2.75, 3.05) is 0 Å². The standard InChI is InChI=1S/C22H26.2ClH.Zr/c1-3-4-5-6-8-18-15-20-9-7-10-21(22(20)16-18)19-13-11-17(2)12-14-19;;;/h7,9-14,16H,3-6,8,15H2,1-2H3;2*1H;/q;;;+2/p-2. The third-order valence-electron chi connectivity index (χ3n) is 4.68. The molecule has 0 atom stereocenters. The van der Waals surface area contributed by atoms with Crippen LogP contribution in [0.2, 0.25) is 0 Å². The number of hydrogen-bond donors (Lipinski definition) is 0. The van der Waals surface area contributed by atoms with Crippen LogP contribution < -0.4 is 0 Å². The molecular formula is C22H26Cl2Zr. The first-order valence-electron chi connectivity index (χ1n) is 9.04. The first-order valence-corrected chi connectivity index (χ1v) is 15.4. The van der Waals surface area contributed by atoms with Gasteiger partial charge in [0.1, 0.15) is 0 Å². The van der Waals surface area contributed by atoms with Gasteiger partial charge in [-0.1, -0.05) is 85.9 Å². The van der Waals surface area contributed by atoms with E-state index in [0.29, 0.717) is 0 Å². The van der Waals surface area contributed by atoms with Crippen LogP contribution in [-0.4, -0.2) is 0 Å². The molecule has 3 heteroatoms. The minimum atomic E-state index is -0.826. The Morgan fingerprint density at radius 3 is 2.36 bits per heavy atom. The Morgan fingerprint density at radius 2 is 1.68 bits per heavy atom. The molecule has 0 amide bonds. The zero-order chi connectivity index (χ0) is 18.1. The van der Waals surface area contributed by atoms with Gasteiger partial charge < -0.3 is 0 Å². The Bertz CT molecular complexity index is 690. The molecule has 0 radical (unpaired) electrons. The summed E-state index contributed by atoms with van der Waals surface area (Å²) in [7, 11) is 9.87. The van der Waals surface area contributed by atoms with E-state index in [-0.39, 0.29) is 0 Å². The van der Waals surface area contributed by atoms with Crippen LogP contribution in [0.3, 0.4) is 0 Å². The third kappa shape index (κ3) is 6.39. The van der Waals surface area contributed by atoms with Crippen LogP contribution in [0.1, 0.15) is 55.7 Å². The van der Waals surface area contributed by atoms with Gasteiger partial charge in [0.25, 0.3) is 0 Å². The van der Waals surface area contributed by atoms with Gasteiger partial charge in [-0.05, 0) is 48.4 Å². The number of fused-ring (bicyclic) bond motifs is 1. The van der Waals surface area contributed by atoms with Crippen LogP contribution in [0.15, 0.2) is 48.0 Å². The summed E-state index contributed by atoms with van der Waals surface area (Å²) in [5, 5.41) is 0. The van der Waals surface area contributed by atoms with Crippen LogP contribution in [0.5, 0.6) is 0 Å². The first-order chi connectivity index (χ1) is 12.2. The Labute approximate surface area is 171 Å². The van der Waals surface area contributed by atoms with E-state index in [9.17, 15) is 0 Å². The summed E-state index contributed by atoms with van der Waals surface area (Å²) < 4.78 is 0. The number of hydrogen-bond acceptors (Lipinski definition) is 0. The maximum absolute atomic E-state index is 4.93. The average molecular weight is 453 g/mol. The number of allylic oxidation sites excluding steroid dienone is 1. The summed E-state index contributed by atoms with van der Waals surface area (Å²) in [4.78, 5) is 0. The van der Waals surface area contributed by atoms with Crippen molar-refractivity contribution in [1.29, 1.82) is 0 Å². The topological polar surface area (TPSA) is 0 Å². The molecule has 2 aromatic rings. The van der Waals surface area contributed by atoms with Crippen molar-refractivity contribution in [2.45, 2.75) is 52.4 Å². The van der Waals surface area contributed by atoms with Gasteiger partial charge in [0.2, 0.25) is 0 Å². The Kier molecular flexibility index (Phi) is 9.53. The van der Waals surface area contributed by atoms with E-state index in [1.54, 1.807) is 5.57 Å². The van der Waals surface area contributed by atoms with Gasteiger partial charge in [0, 0.05) is 0 Å². The molecule has 0 N–H and O–H groups in total. The van der Waals surface area contributed by atoms with Crippen LogP contribution in [0.25, 0.3) is 17.2 Å². The molecule has 0 saturated carbocycles. The van der Waals surface area contributed by atoms with Gasteiger partial charge in [0.05, 0.1) is 0 Å². The van der Waals surface area contributed by atoms with E-state index in [1.165, 1.54) is 59.9 Å². The van der Waals surface area contributed by atoms with E-state index in [4.69, 9.17) is 17.0 Å². The van der Waals surface area contributed by atoms with Crippen molar-refractivity contribution < 1.29 is 20.8 Å². The summed E-state index contributed by atoms with van der Waals surface area (Å²) in [6, 6.07) is 15.7. The van der Waals surface area contributed by atoms with E-state index >= 15 is 0 Å². The molecule has 1 aliphatic carbocycles. The maximum atomic E-state index is 4.93. The molecule has 1 aliphatic rings. The monoisotopic (exact) mass is 450 g/mol. The SMILES string of the molecule is CCCCCCC1=Cc2c(cccc2-c2ccc(C)cc2)C1.[Cl][Zr][Cl]. The molecule has 2 aromatic carbocycles. The predicted octanol–water partition coefficient (Wildman–Crippen LogP) is 7.95. The number of halogens is 2. The molecule has 0 unspecified atom stereocenters. The molecule has 0 heterocycles. The molecule has 0 aliphatic heterocycles. The van der Waals surface area contributed by atoms with E-state index < -0.39 is 20.8 Å². The summed E-state index contributed by atoms with van der Waals surface area (Å²) in [6.45, 7) is 4.42. The van der Waals surface area contributed by atoms with Gasteiger partial charge in [-0.25, -0.2) is 0 Å². The predicted molar refractivity (Wildman–Crippen MR) is 109 cm³/mol. The number of unbranched alkanes of at least 4 members (excludes halogenated alkanes) is 3. The second kappa shape index (κ2) is 11.4. The second-order valence-corrected chi connectivity index (χ2v) is 10.3. The molecule has 0 nitrogen and oxygen atoms in total. The molecule has 3 rings (SSSR count). The molecule has 0 spiro atoms. The summed E-state index contributed by atoms with van der Waals surface area (Å²) in [6.07, 6.45) is 10.3. The zero-order valence-corrected chi connectivity index (χ0v) is 19.1. The van der Waals surface area contributed by atoms with Crippen molar-refractivity contribution in [2.24, 2.45) is 0 Å². The molecule has 132 valence electrons. The van der Waals surface area contributed by atoms with E-state index in [2.05, 4.69) is 62.4 Å². The number of rotatable bonds is 6. The molecule has 25 heavy (non-hydrogen) atoms. The van der Waals surface area contributed by atoms with Gasteiger partial charge in [-0.15, -0.1) is 0 Å². The third-order valence-corrected chi connectivity index (χ3v) is 4.68. The summed E-state index contributed by atoms with van der Waals surface area (Å²) >= 11 is -0.826. The summed E-state index contributed by atoms with van der Waals surface area (Å²) in [5.74, 6) is 0. The van der Waals surface area contributed by atoms with Crippen molar-refractivity contribution in [1.82, 2.24) is 0 Å². The van der Waals surface area contributed by atoms with Crippen LogP contribution in [0.4, 0.5) is 0 Å². The second-order valence-electron chi connectivity index (χ2n) is 6.61. The normalized spacial score (nSPS) is 12.1. The number of aryl methyl sites for hydroxylation is 1. The molecule has 0 fully saturated rings. The van der Waals surface area contributed by atoms with E-state index in [0.717, 1.165) is 6.42 Å².